The van der Waals surface area contributed by atoms with Crippen LogP contribution in [0.25, 0.3) is 0 Å². The molecule has 0 saturated carbocycles. The van der Waals surface area contributed by atoms with Gasteiger partial charge in [-0.3, -0.25) is 4.79 Å². The van der Waals surface area contributed by atoms with Gasteiger partial charge >= 0.3 is 0 Å². The second-order valence-corrected chi connectivity index (χ2v) is 5.71. The van der Waals surface area contributed by atoms with Crippen molar-refractivity contribution in [2.24, 2.45) is 0 Å². The molecule has 2 N–H and O–H groups in total. The Bertz CT molecular complexity index is 453. The number of amides is 1. The van der Waals surface area contributed by atoms with Gasteiger partial charge in [0.25, 0.3) is 5.91 Å². The third-order valence-electron chi connectivity index (χ3n) is 2.51. The van der Waals surface area contributed by atoms with Gasteiger partial charge in [-0.1, -0.05) is 23.8 Å². The van der Waals surface area contributed by atoms with Gasteiger partial charge in [0.1, 0.15) is 0 Å². The summed E-state index contributed by atoms with van der Waals surface area (Å²) in [5, 5.41) is 11.7. The second-order valence-electron chi connectivity index (χ2n) is 4.65. The molecule has 0 bridgehead atoms. The monoisotopic (exact) mass is 279 g/mol. The van der Waals surface area contributed by atoms with Crippen molar-refractivity contribution in [3.05, 3.63) is 41.5 Å². The summed E-state index contributed by atoms with van der Waals surface area (Å²) in [5.74, 6) is 0.712. The molecule has 1 amide bonds. The molecule has 0 saturated heterocycles. The molecule has 1 rings (SSSR count). The lowest BCUT2D eigenvalue weighted by Crippen LogP contribution is -2.35. The molecular formula is C15H21NO2S. The third kappa shape index (κ3) is 5.49. The molecule has 104 valence electrons. The van der Waals surface area contributed by atoms with Crippen LogP contribution in [0.15, 0.2) is 40.8 Å². The van der Waals surface area contributed by atoms with E-state index in [4.69, 9.17) is 5.11 Å². The molecule has 1 aromatic rings. The van der Waals surface area contributed by atoms with Gasteiger partial charge < -0.3 is 10.4 Å². The highest BCUT2D eigenvalue weighted by molar-refractivity contribution is 7.99. The maximum Gasteiger partial charge on any atom is 0.252 e. The van der Waals surface area contributed by atoms with Crippen LogP contribution in [0, 0.1) is 0 Å². The summed E-state index contributed by atoms with van der Waals surface area (Å²) in [6.07, 6.45) is 2.13. The number of allylic oxidation sites excluding steroid dienone is 1. The minimum Gasteiger partial charge on any atom is -0.394 e. The van der Waals surface area contributed by atoms with Crippen LogP contribution in [0.2, 0.25) is 0 Å². The smallest absolute Gasteiger partial charge is 0.252 e. The van der Waals surface area contributed by atoms with Crippen LogP contribution in [-0.2, 0) is 0 Å². The van der Waals surface area contributed by atoms with Gasteiger partial charge in [0, 0.05) is 16.7 Å². The summed E-state index contributed by atoms with van der Waals surface area (Å²) in [6.45, 7) is 5.83. The summed E-state index contributed by atoms with van der Waals surface area (Å²) in [5.41, 5.74) is 1.93. The molecule has 1 atom stereocenters. The first-order chi connectivity index (χ1) is 9.04. The minimum absolute atomic E-state index is 0.0567. The predicted octanol–water partition coefficient (Wildman–Crippen LogP) is 2.86. The van der Waals surface area contributed by atoms with Gasteiger partial charge in [-0.15, -0.1) is 11.8 Å². The lowest BCUT2D eigenvalue weighted by molar-refractivity contribution is 0.0919. The van der Waals surface area contributed by atoms with Crippen molar-refractivity contribution >= 4 is 17.7 Å². The Balaban J connectivity index is 2.77. The van der Waals surface area contributed by atoms with Crippen LogP contribution in [0.5, 0.6) is 0 Å². The largest absolute Gasteiger partial charge is 0.394 e. The molecule has 0 radical (unpaired) electrons. The van der Waals surface area contributed by atoms with Crippen LogP contribution in [0.3, 0.4) is 0 Å². The fourth-order valence-electron chi connectivity index (χ4n) is 1.43. The molecule has 0 aromatic heterocycles. The standard InChI is InChI=1S/C15H21NO2S/c1-11(2)8-9-19-14-7-5-4-6-13(14)15(18)16-12(3)10-17/h4-8,12,17H,9-10H2,1-3H3,(H,16,18). The summed E-state index contributed by atoms with van der Waals surface area (Å²) in [4.78, 5) is 13.0. The molecule has 3 nitrogen and oxygen atoms in total. The van der Waals surface area contributed by atoms with E-state index in [1.54, 1.807) is 18.7 Å². The molecule has 0 fully saturated rings. The van der Waals surface area contributed by atoms with Gasteiger partial charge in [0.05, 0.1) is 12.2 Å². The van der Waals surface area contributed by atoms with Crippen molar-refractivity contribution < 1.29 is 9.90 Å². The molecular weight excluding hydrogens is 258 g/mol. The van der Waals surface area contributed by atoms with E-state index in [9.17, 15) is 4.79 Å². The third-order valence-corrected chi connectivity index (χ3v) is 3.51. The Kier molecular flexibility index (Phi) is 6.67. The highest BCUT2D eigenvalue weighted by atomic mass is 32.2. The first-order valence-electron chi connectivity index (χ1n) is 6.31. The first-order valence-corrected chi connectivity index (χ1v) is 7.30. The van der Waals surface area contributed by atoms with Gasteiger partial charge in [-0.05, 0) is 32.9 Å². The summed E-state index contributed by atoms with van der Waals surface area (Å²) in [7, 11) is 0. The lowest BCUT2D eigenvalue weighted by Gasteiger charge is -2.13. The number of benzene rings is 1. The minimum atomic E-state index is -0.233. The molecule has 1 aromatic carbocycles. The summed E-state index contributed by atoms with van der Waals surface area (Å²) < 4.78 is 0. The topological polar surface area (TPSA) is 49.3 Å². The number of nitrogens with one attached hydrogen (secondary N) is 1. The Hall–Kier alpha value is -1.26. The average Bonchev–Trinajstić information content (AvgIpc) is 2.38. The van der Waals surface area contributed by atoms with Crippen molar-refractivity contribution in [2.45, 2.75) is 31.7 Å². The van der Waals surface area contributed by atoms with Gasteiger partial charge in [0.15, 0.2) is 0 Å². The van der Waals surface area contributed by atoms with E-state index in [2.05, 4.69) is 25.2 Å². The van der Waals surface area contributed by atoms with Crippen LogP contribution in [0.4, 0.5) is 0 Å². The maximum atomic E-state index is 12.1. The van der Waals surface area contributed by atoms with Crippen LogP contribution in [-0.4, -0.2) is 29.4 Å². The molecule has 0 aliphatic rings. The van der Waals surface area contributed by atoms with Crippen molar-refractivity contribution in [3.63, 3.8) is 0 Å². The van der Waals surface area contributed by atoms with Gasteiger partial charge in [-0.25, -0.2) is 0 Å². The van der Waals surface area contributed by atoms with Crippen molar-refractivity contribution in [3.8, 4) is 0 Å². The zero-order chi connectivity index (χ0) is 14.3. The fourth-order valence-corrected chi connectivity index (χ4v) is 2.51. The number of carbonyl (C=O) groups excluding carboxylic acids is 1. The Morgan fingerprint density at radius 1 is 1.42 bits per heavy atom. The van der Waals surface area contributed by atoms with Crippen molar-refractivity contribution in [1.29, 1.82) is 0 Å². The Labute approximate surface area is 119 Å². The summed E-state index contributed by atoms with van der Waals surface area (Å²) >= 11 is 1.64. The fraction of sp³-hybridized carbons (Fsp3) is 0.400. The highest BCUT2D eigenvalue weighted by Crippen LogP contribution is 2.23. The van der Waals surface area contributed by atoms with E-state index in [1.807, 2.05) is 24.3 Å². The second kappa shape index (κ2) is 8.02. The number of aliphatic hydroxyl groups is 1. The first kappa shape index (κ1) is 15.8. The van der Waals surface area contributed by atoms with Crippen LogP contribution < -0.4 is 5.32 Å². The molecule has 0 aliphatic carbocycles. The van der Waals surface area contributed by atoms with Crippen LogP contribution in [0.1, 0.15) is 31.1 Å². The normalized spacial score (nSPS) is 11.8. The molecule has 0 spiro atoms. The van der Waals surface area contributed by atoms with E-state index in [-0.39, 0.29) is 18.6 Å². The van der Waals surface area contributed by atoms with Crippen LogP contribution >= 0.6 is 11.8 Å². The number of carbonyl (C=O) groups is 1. The number of rotatable bonds is 6. The quantitative estimate of drug-likeness (QED) is 0.622. The predicted molar refractivity (Wildman–Crippen MR) is 80.6 cm³/mol. The maximum absolute atomic E-state index is 12.1. The Morgan fingerprint density at radius 2 is 2.11 bits per heavy atom. The van der Waals surface area contributed by atoms with E-state index < -0.39 is 0 Å². The van der Waals surface area contributed by atoms with Crippen molar-refractivity contribution in [1.82, 2.24) is 5.32 Å². The molecule has 19 heavy (non-hydrogen) atoms. The van der Waals surface area contributed by atoms with Gasteiger partial charge in [0.2, 0.25) is 0 Å². The molecule has 0 heterocycles. The lowest BCUT2D eigenvalue weighted by atomic mass is 10.2. The zero-order valence-corrected chi connectivity index (χ0v) is 12.5. The van der Waals surface area contributed by atoms with Crippen molar-refractivity contribution in [2.75, 3.05) is 12.4 Å². The number of hydrogen-bond acceptors (Lipinski definition) is 3. The van der Waals surface area contributed by atoms with E-state index in [0.29, 0.717) is 5.56 Å². The van der Waals surface area contributed by atoms with E-state index in [1.165, 1.54) is 5.57 Å². The summed E-state index contributed by atoms with van der Waals surface area (Å²) in [6, 6.07) is 7.30. The number of aliphatic hydroxyl groups excluding tert-OH is 1. The van der Waals surface area contributed by atoms with E-state index >= 15 is 0 Å². The SMILES string of the molecule is CC(C)=CCSc1ccccc1C(=O)NC(C)CO. The Morgan fingerprint density at radius 3 is 2.74 bits per heavy atom. The molecule has 1 unspecified atom stereocenters. The average molecular weight is 279 g/mol. The zero-order valence-electron chi connectivity index (χ0n) is 11.6. The van der Waals surface area contributed by atoms with Gasteiger partial charge in [-0.2, -0.15) is 0 Å². The molecule has 0 aliphatic heterocycles. The number of thioether (sulfide) groups is 1. The molecule has 4 heteroatoms. The van der Waals surface area contributed by atoms with E-state index in [0.717, 1.165) is 10.6 Å². The number of hydrogen-bond donors (Lipinski definition) is 2. The highest BCUT2D eigenvalue weighted by Gasteiger charge is 2.12.